The smallest absolute Gasteiger partial charge is 0.0761 e. The largest absolute Gasteiger partial charge is 0.228 e. The highest BCUT2D eigenvalue weighted by Crippen LogP contribution is 2.23. The number of hydrogen-bond acceptors (Lipinski definition) is 1. The fraction of sp³-hybridized carbons (Fsp3) is 0.400. The van der Waals surface area contributed by atoms with Crippen LogP contribution in [-0.2, 0) is 10.7 Å². The molecule has 0 saturated carbocycles. The lowest BCUT2D eigenvalue weighted by Gasteiger charge is -2.04. The van der Waals surface area contributed by atoms with Crippen LogP contribution >= 0.6 is 0 Å². The Balaban J connectivity index is 3.22. The lowest BCUT2D eigenvalue weighted by molar-refractivity contribution is 1.34. The first-order valence-corrected chi connectivity index (χ1v) is 5.96. The number of aryl methyl sites for hydroxylation is 2. The van der Waals surface area contributed by atoms with Gasteiger partial charge >= 0.3 is 0 Å². The van der Waals surface area contributed by atoms with E-state index in [1.165, 1.54) is 16.8 Å². The molecule has 1 rings (SSSR count). The first-order valence-electron chi connectivity index (χ1n) is 3.97. The highest BCUT2D eigenvalue weighted by atomic mass is 32.2. The predicted molar refractivity (Wildman–Crippen MR) is 57.2 cm³/mol. The Hall–Kier alpha value is -0.630. The van der Waals surface area contributed by atoms with Crippen LogP contribution < -0.4 is 0 Å². The van der Waals surface area contributed by atoms with Gasteiger partial charge in [0.25, 0.3) is 0 Å². The van der Waals surface area contributed by atoms with Crippen molar-refractivity contribution in [3.63, 3.8) is 0 Å². The minimum absolute atomic E-state index is 0.138. The Kier molecular flexibility index (Phi) is 3.04. The van der Waals surface area contributed by atoms with E-state index < -0.39 is 0 Å². The summed E-state index contributed by atoms with van der Waals surface area (Å²) in [5.74, 6) is 0. The molecule has 0 fully saturated rings. The fourth-order valence-corrected chi connectivity index (χ4v) is 1.79. The van der Waals surface area contributed by atoms with Crippen LogP contribution in [0.25, 0.3) is 0 Å². The first kappa shape index (κ1) is 9.46. The van der Waals surface area contributed by atoms with Gasteiger partial charge in [-0.25, -0.2) is 4.36 Å². The minimum atomic E-state index is 0.138. The Morgan fingerprint density at radius 1 is 1.08 bits per heavy atom. The van der Waals surface area contributed by atoms with Gasteiger partial charge < -0.3 is 0 Å². The van der Waals surface area contributed by atoms with Crippen molar-refractivity contribution in [3.05, 3.63) is 29.3 Å². The molecule has 0 spiro atoms. The number of nitrogens with zero attached hydrogens (tertiary/aromatic N) is 1. The summed E-state index contributed by atoms with van der Waals surface area (Å²) in [6, 6.07) is 6.30. The Morgan fingerprint density at radius 2 is 1.58 bits per heavy atom. The molecular formula is C10H15NS. The monoisotopic (exact) mass is 181 g/mol. The summed E-state index contributed by atoms with van der Waals surface area (Å²) in [7, 11) is 0.138. The number of benzene rings is 1. The van der Waals surface area contributed by atoms with E-state index in [1.807, 2.05) is 0 Å². The summed E-state index contributed by atoms with van der Waals surface area (Å²) in [4.78, 5) is 0. The van der Waals surface area contributed by atoms with Crippen molar-refractivity contribution in [1.29, 1.82) is 0 Å². The van der Waals surface area contributed by atoms with E-state index in [9.17, 15) is 0 Å². The fourth-order valence-electron chi connectivity index (χ4n) is 1.13. The lowest BCUT2D eigenvalue weighted by atomic mass is 10.1. The van der Waals surface area contributed by atoms with Crippen molar-refractivity contribution in [2.24, 2.45) is 4.36 Å². The van der Waals surface area contributed by atoms with Crippen molar-refractivity contribution in [2.45, 2.75) is 13.8 Å². The molecule has 0 aliphatic rings. The second kappa shape index (κ2) is 3.85. The summed E-state index contributed by atoms with van der Waals surface area (Å²) in [5.41, 5.74) is 3.72. The van der Waals surface area contributed by atoms with E-state index in [0.717, 1.165) is 0 Å². The Morgan fingerprint density at radius 3 is 2.00 bits per heavy atom. The molecule has 0 aliphatic heterocycles. The maximum Gasteiger partial charge on any atom is 0.0761 e. The van der Waals surface area contributed by atoms with Gasteiger partial charge in [0.1, 0.15) is 0 Å². The first-order chi connectivity index (χ1) is 5.61. The van der Waals surface area contributed by atoms with E-state index in [4.69, 9.17) is 0 Å². The predicted octanol–water partition coefficient (Wildman–Crippen LogP) is 3.00. The molecule has 0 aromatic heterocycles. The molecular weight excluding hydrogens is 166 g/mol. The molecule has 1 aromatic carbocycles. The van der Waals surface area contributed by atoms with Gasteiger partial charge in [-0.1, -0.05) is 18.2 Å². The molecule has 0 bridgehead atoms. The molecule has 0 aliphatic carbocycles. The van der Waals surface area contributed by atoms with Crippen molar-refractivity contribution < 1.29 is 0 Å². The summed E-state index contributed by atoms with van der Waals surface area (Å²) < 4.78 is 4.59. The Labute approximate surface area is 76.9 Å². The van der Waals surface area contributed by atoms with E-state index in [2.05, 4.69) is 48.9 Å². The molecule has 1 aromatic rings. The molecule has 0 heterocycles. The molecule has 66 valence electrons. The number of hydrogen-bond donors (Lipinski definition) is 0. The van der Waals surface area contributed by atoms with E-state index in [1.54, 1.807) is 0 Å². The highest BCUT2D eigenvalue weighted by molar-refractivity contribution is 7.85. The van der Waals surface area contributed by atoms with E-state index in [-0.39, 0.29) is 10.7 Å². The van der Waals surface area contributed by atoms with E-state index >= 15 is 0 Å². The van der Waals surface area contributed by atoms with Crippen LogP contribution in [0.3, 0.4) is 0 Å². The lowest BCUT2D eigenvalue weighted by Crippen LogP contribution is -1.83. The van der Waals surface area contributed by atoms with Crippen LogP contribution in [0.2, 0.25) is 0 Å². The second-order valence-corrected chi connectivity index (χ2v) is 4.83. The van der Waals surface area contributed by atoms with Gasteiger partial charge in [0.15, 0.2) is 0 Å². The molecule has 12 heavy (non-hydrogen) atoms. The van der Waals surface area contributed by atoms with Gasteiger partial charge in [-0.15, -0.1) is 10.7 Å². The SMILES string of the molecule is Cc1cccc(C)c1N=S(C)C. The maximum atomic E-state index is 4.59. The van der Waals surface area contributed by atoms with Gasteiger partial charge in [-0.2, -0.15) is 0 Å². The zero-order valence-electron chi connectivity index (χ0n) is 8.09. The van der Waals surface area contributed by atoms with Gasteiger partial charge in [0.05, 0.1) is 5.69 Å². The molecule has 0 atom stereocenters. The van der Waals surface area contributed by atoms with Gasteiger partial charge in [-0.05, 0) is 37.5 Å². The molecule has 0 unspecified atom stereocenters. The average Bonchev–Trinajstić information content (AvgIpc) is 1.97. The van der Waals surface area contributed by atoms with Crippen LogP contribution in [0.5, 0.6) is 0 Å². The Bertz CT molecular complexity index is 291. The standard InChI is InChI=1S/C10H15NS/c1-8-6-5-7-9(2)10(8)11-12(3)4/h5-7H,1-4H3. The zero-order chi connectivity index (χ0) is 9.14. The summed E-state index contributed by atoms with van der Waals surface area (Å²) >= 11 is 0. The molecule has 0 amide bonds. The maximum absolute atomic E-state index is 4.59. The third kappa shape index (κ3) is 2.18. The zero-order valence-corrected chi connectivity index (χ0v) is 8.90. The quantitative estimate of drug-likeness (QED) is 0.631. The van der Waals surface area contributed by atoms with Crippen molar-refractivity contribution in [1.82, 2.24) is 0 Å². The average molecular weight is 181 g/mol. The van der Waals surface area contributed by atoms with Crippen LogP contribution in [0.15, 0.2) is 22.6 Å². The third-order valence-electron chi connectivity index (χ3n) is 1.71. The molecule has 0 radical (unpaired) electrons. The topological polar surface area (TPSA) is 12.4 Å². The summed E-state index contributed by atoms with van der Waals surface area (Å²) in [6.07, 6.45) is 4.26. The molecule has 1 nitrogen and oxygen atoms in total. The third-order valence-corrected chi connectivity index (χ3v) is 2.26. The van der Waals surface area contributed by atoms with Gasteiger partial charge in [-0.3, -0.25) is 0 Å². The number of rotatable bonds is 1. The van der Waals surface area contributed by atoms with Crippen LogP contribution in [-0.4, -0.2) is 12.5 Å². The molecule has 0 saturated heterocycles. The molecule has 2 heteroatoms. The van der Waals surface area contributed by atoms with E-state index in [0.29, 0.717) is 0 Å². The highest BCUT2D eigenvalue weighted by Gasteiger charge is 1.98. The normalized spacial score (nSPS) is 10.4. The van der Waals surface area contributed by atoms with Crippen LogP contribution in [0.4, 0.5) is 5.69 Å². The summed E-state index contributed by atoms with van der Waals surface area (Å²) in [5, 5.41) is 0. The summed E-state index contributed by atoms with van der Waals surface area (Å²) in [6.45, 7) is 4.22. The van der Waals surface area contributed by atoms with Gasteiger partial charge in [0, 0.05) is 0 Å². The van der Waals surface area contributed by atoms with Crippen molar-refractivity contribution >= 4 is 16.4 Å². The van der Waals surface area contributed by atoms with Crippen molar-refractivity contribution in [3.8, 4) is 0 Å². The van der Waals surface area contributed by atoms with Crippen molar-refractivity contribution in [2.75, 3.05) is 12.5 Å². The van der Waals surface area contributed by atoms with Gasteiger partial charge in [0.2, 0.25) is 0 Å². The second-order valence-electron chi connectivity index (χ2n) is 3.11. The van der Waals surface area contributed by atoms with Crippen LogP contribution in [0, 0.1) is 13.8 Å². The minimum Gasteiger partial charge on any atom is -0.228 e. The molecule has 0 N–H and O–H groups in total. The van der Waals surface area contributed by atoms with Crippen LogP contribution in [0.1, 0.15) is 11.1 Å².